The van der Waals surface area contributed by atoms with E-state index in [1.54, 1.807) is 0 Å². The summed E-state index contributed by atoms with van der Waals surface area (Å²) in [7, 11) is 0. The van der Waals surface area contributed by atoms with E-state index in [1.165, 1.54) is 0 Å². The highest BCUT2D eigenvalue weighted by molar-refractivity contribution is 4.83. The lowest BCUT2D eigenvalue weighted by atomic mass is 10.5. The number of aromatic amines is 1. The van der Waals surface area contributed by atoms with Gasteiger partial charge in [-0.1, -0.05) is 0 Å². The quantitative estimate of drug-likeness (QED) is 0.481. The van der Waals surface area contributed by atoms with E-state index in [0.717, 1.165) is 16.8 Å². The van der Waals surface area contributed by atoms with Gasteiger partial charge in [-0.25, -0.2) is 4.79 Å². The van der Waals surface area contributed by atoms with E-state index in [2.05, 4.69) is 0 Å². The number of hydrogen-bond donors (Lipinski definition) is 3. The van der Waals surface area contributed by atoms with Gasteiger partial charge in [-0.2, -0.15) is 0 Å². The highest BCUT2D eigenvalue weighted by Crippen LogP contribution is 1.91. The molecule has 1 rings (SSSR count). The van der Waals surface area contributed by atoms with Gasteiger partial charge in [0.15, 0.2) is 6.23 Å². The summed E-state index contributed by atoms with van der Waals surface area (Å²) in [5.41, 5.74) is -1.29. The summed E-state index contributed by atoms with van der Waals surface area (Å²) in [6.07, 6.45) is -0.198. The number of aliphatic hydroxyl groups excluding tert-OH is 2. The van der Waals surface area contributed by atoms with Crippen molar-refractivity contribution in [3.63, 3.8) is 0 Å². The molecule has 1 aromatic heterocycles. The molecular formula is C6H8N2O4. The van der Waals surface area contributed by atoms with Crippen molar-refractivity contribution in [2.24, 2.45) is 0 Å². The zero-order valence-electron chi connectivity index (χ0n) is 6.10. The molecule has 1 heterocycles. The summed E-state index contributed by atoms with van der Waals surface area (Å²) in [5, 5.41) is 17.5. The summed E-state index contributed by atoms with van der Waals surface area (Å²) in [5.74, 6) is 0. The van der Waals surface area contributed by atoms with Crippen molar-refractivity contribution >= 4 is 0 Å². The first-order valence-electron chi connectivity index (χ1n) is 3.25. The number of nitrogens with zero attached hydrogens (tertiary/aromatic N) is 1. The van der Waals surface area contributed by atoms with Crippen molar-refractivity contribution in [2.45, 2.75) is 6.23 Å². The molecule has 12 heavy (non-hydrogen) atoms. The molecule has 3 N–H and O–H groups in total. The summed E-state index contributed by atoms with van der Waals surface area (Å²) in [4.78, 5) is 23.4. The maximum absolute atomic E-state index is 10.9. The van der Waals surface area contributed by atoms with Gasteiger partial charge in [-0.15, -0.1) is 0 Å². The Balaban J connectivity index is 3.19. The van der Waals surface area contributed by atoms with Gasteiger partial charge >= 0.3 is 5.69 Å². The van der Waals surface area contributed by atoms with Gasteiger partial charge < -0.3 is 10.2 Å². The molecule has 0 bridgehead atoms. The van der Waals surface area contributed by atoms with Gasteiger partial charge in [-0.3, -0.25) is 14.3 Å². The first-order valence-corrected chi connectivity index (χ1v) is 3.25. The third-order valence-corrected chi connectivity index (χ3v) is 1.34. The van der Waals surface area contributed by atoms with Crippen molar-refractivity contribution in [2.75, 3.05) is 6.61 Å². The normalized spacial score (nSPS) is 12.8. The third kappa shape index (κ3) is 1.60. The summed E-state index contributed by atoms with van der Waals surface area (Å²) < 4.78 is 0.821. The monoisotopic (exact) mass is 172 g/mol. The van der Waals surface area contributed by atoms with Crippen molar-refractivity contribution in [3.05, 3.63) is 33.1 Å². The largest absolute Gasteiger partial charge is 0.392 e. The fourth-order valence-electron chi connectivity index (χ4n) is 0.750. The average Bonchev–Trinajstić information content (AvgIpc) is 2.03. The molecule has 1 atom stereocenters. The molecule has 1 aromatic rings. The Morgan fingerprint density at radius 1 is 1.58 bits per heavy atom. The van der Waals surface area contributed by atoms with Crippen LogP contribution in [-0.4, -0.2) is 26.4 Å². The minimum absolute atomic E-state index is 0.540. The molecule has 0 saturated heterocycles. The topological polar surface area (TPSA) is 95.3 Å². The zero-order valence-corrected chi connectivity index (χ0v) is 6.10. The summed E-state index contributed by atoms with van der Waals surface area (Å²) in [6, 6.07) is 1.08. The number of hydrogen-bond acceptors (Lipinski definition) is 4. The van der Waals surface area contributed by atoms with Crippen LogP contribution in [0.3, 0.4) is 0 Å². The van der Waals surface area contributed by atoms with E-state index >= 15 is 0 Å². The first kappa shape index (κ1) is 8.69. The van der Waals surface area contributed by atoms with Crippen LogP contribution in [0.4, 0.5) is 0 Å². The maximum Gasteiger partial charge on any atom is 0.330 e. The fourth-order valence-corrected chi connectivity index (χ4v) is 0.750. The van der Waals surface area contributed by atoms with Crippen LogP contribution >= 0.6 is 0 Å². The van der Waals surface area contributed by atoms with Crippen LogP contribution in [0, 0.1) is 0 Å². The second kappa shape index (κ2) is 3.33. The molecule has 0 spiro atoms. The highest BCUT2D eigenvalue weighted by atomic mass is 16.3. The predicted molar refractivity (Wildman–Crippen MR) is 39.7 cm³/mol. The van der Waals surface area contributed by atoms with Crippen LogP contribution in [0.15, 0.2) is 21.9 Å². The molecule has 0 amide bonds. The Kier molecular flexibility index (Phi) is 2.41. The molecule has 0 aliphatic carbocycles. The van der Waals surface area contributed by atoms with Crippen molar-refractivity contribution < 1.29 is 10.2 Å². The van der Waals surface area contributed by atoms with Crippen LogP contribution in [0.2, 0.25) is 0 Å². The van der Waals surface area contributed by atoms with Crippen molar-refractivity contribution in [1.29, 1.82) is 0 Å². The molecule has 0 saturated carbocycles. The lowest BCUT2D eigenvalue weighted by molar-refractivity contribution is 0.0352. The lowest BCUT2D eigenvalue weighted by Crippen LogP contribution is -2.32. The minimum atomic E-state index is -1.31. The van der Waals surface area contributed by atoms with E-state index in [4.69, 9.17) is 10.2 Å². The molecule has 6 nitrogen and oxygen atoms in total. The minimum Gasteiger partial charge on any atom is -0.392 e. The molecule has 0 aliphatic rings. The third-order valence-electron chi connectivity index (χ3n) is 1.34. The van der Waals surface area contributed by atoms with Crippen molar-refractivity contribution in [1.82, 2.24) is 9.55 Å². The number of aromatic nitrogens is 2. The molecule has 66 valence electrons. The highest BCUT2D eigenvalue weighted by Gasteiger charge is 2.05. The lowest BCUT2D eigenvalue weighted by Gasteiger charge is -2.08. The smallest absolute Gasteiger partial charge is 0.330 e. The second-order valence-corrected chi connectivity index (χ2v) is 2.18. The SMILES string of the molecule is O=c1ccn([C@@H](O)CO)c(=O)[nH]1. The maximum atomic E-state index is 10.9. The van der Waals surface area contributed by atoms with Gasteiger partial charge in [0, 0.05) is 12.3 Å². The van der Waals surface area contributed by atoms with E-state index in [0.29, 0.717) is 0 Å². The van der Waals surface area contributed by atoms with Gasteiger partial charge in [-0.05, 0) is 0 Å². The van der Waals surface area contributed by atoms with Crippen LogP contribution in [0.5, 0.6) is 0 Å². The molecule has 0 fully saturated rings. The van der Waals surface area contributed by atoms with Gasteiger partial charge in [0.25, 0.3) is 5.56 Å². The number of rotatable bonds is 2. The molecule has 0 unspecified atom stereocenters. The Bertz CT molecular complexity index is 366. The Morgan fingerprint density at radius 3 is 2.75 bits per heavy atom. The first-order chi connectivity index (χ1) is 5.65. The van der Waals surface area contributed by atoms with Gasteiger partial charge in [0.05, 0.1) is 6.61 Å². The van der Waals surface area contributed by atoms with Crippen molar-refractivity contribution in [3.8, 4) is 0 Å². The molecule has 0 aromatic carbocycles. The predicted octanol–water partition coefficient (Wildman–Crippen LogP) is -1.98. The van der Waals surface area contributed by atoms with Gasteiger partial charge in [0.2, 0.25) is 0 Å². The van der Waals surface area contributed by atoms with Crippen LogP contribution in [0.1, 0.15) is 6.23 Å². The Morgan fingerprint density at radius 2 is 2.25 bits per heavy atom. The second-order valence-electron chi connectivity index (χ2n) is 2.18. The van der Waals surface area contributed by atoms with E-state index < -0.39 is 24.1 Å². The number of aliphatic hydroxyl groups is 2. The molecular weight excluding hydrogens is 164 g/mol. The van der Waals surface area contributed by atoms with E-state index in [9.17, 15) is 9.59 Å². The fraction of sp³-hybridized carbons (Fsp3) is 0.333. The average molecular weight is 172 g/mol. The standard InChI is InChI=1S/C6H8N2O4/c9-3-5(11)8-2-1-4(10)7-6(8)12/h1-2,5,9,11H,3H2,(H,7,10,12)/t5-/m0/s1. The molecule has 0 radical (unpaired) electrons. The zero-order chi connectivity index (χ0) is 9.14. The van der Waals surface area contributed by atoms with Gasteiger partial charge in [0.1, 0.15) is 0 Å². The van der Waals surface area contributed by atoms with E-state index in [-0.39, 0.29) is 0 Å². The Hall–Kier alpha value is -1.40. The molecule has 6 heteroatoms. The Labute approximate surface area is 66.7 Å². The summed E-state index contributed by atoms with van der Waals surface area (Å²) in [6.45, 7) is -0.577. The van der Waals surface area contributed by atoms with Crippen LogP contribution < -0.4 is 11.2 Å². The van der Waals surface area contributed by atoms with Crippen LogP contribution in [0.25, 0.3) is 0 Å². The number of H-pyrrole nitrogens is 1. The number of nitrogens with one attached hydrogen (secondary N) is 1. The van der Waals surface area contributed by atoms with Crippen LogP contribution in [-0.2, 0) is 0 Å². The van der Waals surface area contributed by atoms with E-state index in [1.807, 2.05) is 4.98 Å². The molecule has 0 aliphatic heterocycles. The summed E-state index contributed by atoms with van der Waals surface area (Å²) >= 11 is 0.